The van der Waals surface area contributed by atoms with Gasteiger partial charge in [-0.3, -0.25) is 14.5 Å². The fraction of sp³-hybridized carbons (Fsp3) is 0.238. The molecule has 0 saturated carbocycles. The number of hydrogen-bond acceptors (Lipinski definition) is 6. The maximum atomic E-state index is 12.8. The summed E-state index contributed by atoms with van der Waals surface area (Å²) < 4.78 is 0.409. The van der Waals surface area contributed by atoms with Crippen LogP contribution in [-0.4, -0.2) is 41.0 Å². The number of anilines is 1. The van der Waals surface area contributed by atoms with Crippen molar-refractivity contribution in [1.29, 1.82) is 0 Å². The number of carbonyl (C=O) groups excluding carboxylic acids is 2. The van der Waals surface area contributed by atoms with E-state index in [-0.39, 0.29) is 32.4 Å². The molecule has 3 aromatic rings. The molecule has 0 radical (unpaired) electrons. The van der Waals surface area contributed by atoms with E-state index in [1.807, 2.05) is 12.1 Å². The number of nitrogens with one attached hydrogen (secondary N) is 1. The molecule has 162 valence electrons. The zero-order valence-corrected chi connectivity index (χ0v) is 18.7. The molecule has 2 aromatic carbocycles. The van der Waals surface area contributed by atoms with Gasteiger partial charge in [-0.25, -0.2) is 0 Å². The average molecular weight is 479 g/mol. The fourth-order valence-corrected chi connectivity index (χ4v) is 5.37. The molecule has 1 aliphatic heterocycles. The summed E-state index contributed by atoms with van der Waals surface area (Å²) in [6.07, 6.45) is 0.991. The number of nitrogens with two attached hydrogens (primary N) is 2. The normalized spacial score (nSPS) is 16.7. The highest BCUT2D eigenvalue weighted by Crippen LogP contribution is 2.46. The molecule has 1 aliphatic rings. The lowest BCUT2D eigenvalue weighted by atomic mass is 10.1. The Bertz CT molecular complexity index is 1180. The van der Waals surface area contributed by atoms with Crippen molar-refractivity contribution in [2.75, 3.05) is 18.4 Å². The van der Waals surface area contributed by atoms with Crippen molar-refractivity contribution in [3.8, 4) is 5.75 Å². The van der Waals surface area contributed by atoms with Crippen LogP contribution in [-0.2, 0) is 6.54 Å². The first-order valence-electron chi connectivity index (χ1n) is 9.56. The number of thiophene rings is 1. The molecule has 1 fully saturated rings. The minimum Gasteiger partial charge on any atom is -0.505 e. The topological polar surface area (TPSA) is 122 Å². The second kappa shape index (κ2) is 8.64. The van der Waals surface area contributed by atoms with Crippen LogP contribution in [0.15, 0.2) is 30.3 Å². The molecule has 2 heterocycles. The van der Waals surface area contributed by atoms with Crippen LogP contribution < -0.4 is 16.8 Å². The standard InChI is InChI=1S/C21H20Cl2N4O3S/c22-14-7-13-15(19(25)29)21(31-18(13)16(23)17(14)28)26-20(30)11-3-1-10(2-4-11)8-27-6-5-12(24)9-27/h1-4,7,12,28H,5-6,8-9,24H2,(H2,25,29)(H,26,30)/t12-/m0/s1. The summed E-state index contributed by atoms with van der Waals surface area (Å²) in [6.45, 7) is 2.61. The Morgan fingerprint density at radius 1 is 1.26 bits per heavy atom. The van der Waals surface area contributed by atoms with Crippen molar-refractivity contribution < 1.29 is 14.7 Å². The summed E-state index contributed by atoms with van der Waals surface area (Å²) in [5, 5.41) is 13.3. The van der Waals surface area contributed by atoms with Gasteiger partial charge in [0.1, 0.15) is 10.0 Å². The van der Waals surface area contributed by atoms with E-state index in [4.69, 9.17) is 34.7 Å². The molecule has 0 aliphatic carbocycles. The number of aromatic hydroxyl groups is 1. The molecule has 1 atom stereocenters. The van der Waals surface area contributed by atoms with Crippen LogP contribution >= 0.6 is 34.5 Å². The predicted octanol–water partition coefficient (Wildman–Crippen LogP) is 3.80. The van der Waals surface area contributed by atoms with Gasteiger partial charge in [0.15, 0.2) is 5.75 Å². The third-order valence-electron chi connectivity index (χ3n) is 5.25. The van der Waals surface area contributed by atoms with E-state index in [0.717, 1.165) is 43.0 Å². The van der Waals surface area contributed by atoms with Gasteiger partial charge in [-0.05, 0) is 30.2 Å². The summed E-state index contributed by atoms with van der Waals surface area (Å²) >= 11 is 13.2. The van der Waals surface area contributed by atoms with Crippen molar-refractivity contribution in [2.45, 2.75) is 19.0 Å². The number of rotatable bonds is 5. The van der Waals surface area contributed by atoms with E-state index < -0.39 is 11.8 Å². The number of hydrogen-bond donors (Lipinski definition) is 4. The quantitative estimate of drug-likeness (QED) is 0.444. The number of primary amides is 1. The number of fused-ring (bicyclic) bond motifs is 1. The minimum absolute atomic E-state index is 0.00137. The lowest BCUT2D eigenvalue weighted by molar-refractivity contribution is 0.100. The van der Waals surface area contributed by atoms with Crippen molar-refractivity contribution in [3.05, 3.63) is 57.1 Å². The van der Waals surface area contributed by atoms with Gasteiger partial charge in [-0.1, -0.05) is 35.3 Å². The molecule has 0 bridgehead atoms. The molecular weight excluding hydrogens is 459 g/mol. The number of halogens is 2. The maximum absolute atomic E-state index is 12.8. The summed E-state index contributed by atoms with van der Waals surface area (Å²) in [5.41, 5.74) is 13.1. The van der Waals surface area contributed by atoms with Crippen molar-refractivity contribution in [2.24, 2.45) is 11.5 Å². The van der Waals surface area contributed by atoms with Crippen LogP contribution in [0.1, 0.15) is 32.7 Å². The molecule has 6 N–H and O–H groups in total. The summed E-state index contributed by atoms with van der Waals surface area (Å²) in [7, 11) is 0. The first-order chi connectivity index (χ1) is 14.7. The molecule has 4 rings (SSSR count). The zero-order chi connectivity index (χ0) is 22.3. The second-order valence-electron chi connectivity index (χ2n) is 7.50. The lowest BCUT2D eigenvalue weighted by Gasteiger charge is -2.15. The van der Waals surface area contributed by atoms with Crippen LogP contribution in [0, 0.1) is 0 Å². The summed E-state index contributed by atoms with van der Waals surface area (Å²) in [5.74, 6) is -1.42. The number of phenols is 1. The fourth-order valence-electron chi connectivity index (χ4n) is 3.69. The van der Waals surface area contributed by atoms with Crippen LogP contribution in [0.4, 0.5) is 5.00 Å². The van der Waals surface area contributed by atoms with Crippen LogP contribution in [0.25, 0.3) is 10.1 Å². The minimum atomic E-state index is -0.737. The van der Waals surface area contributed by atoms with E-state index in [1.165, 1.54) is 6.07 Å². The van der Waals surface area contributed by atoms with Crippen LogP contribution in [0.5, 0.6) is 5.75 Å². The van der Waals surface area contributed by atoms with E-state index in [1.54, 1.807) is 12.1 Å². The number of benzene rings is 2. The van der Waals surface area contributed by atoms with Gasteiger partial charge in [-0.2, -0.15) is 0 Å². The van der Waals surface area contributed by atoms with Gasteiger partial charge in [0.05, 0.1) is 15.3 Å². The number of phenolic OH excluding ortho intramolecular Hbond substituents is 1. The molecular formula is C21H20Cl2N4O3S. The van der Waals surface area contributed by atoms with Crippen molar-refractivity contribution in [1.82, 2.24) is 4.90 Å². The third-order valence-corrected chi connectivity index (χ3v) is 7.16. The van der Waals surface area contributed by atoms with Gasteiger partial charge in [0, 0.05) is 36.6 Å². The molecule has 0 spiro atoms. The van der Waals surface area contributed by atoms with Gasteiger partial charge in [-0.15, -0.1) is 11.3 Å². The molecule has 7 nitrogen and oxygen atoms in total. The highest BCUT2D eigenvalue weighted by atomic mass is 35.5. The molecule has 2 amide bonds. The molecule has 0 unspecified atom stereocenters. The average Bonchev–Trinajstić information content (AvgIpc) is 3.29. The Hall–Kier alpha value is -2.36. The van der Waals surface area contributed by atoms with E-state index in [9.17, 15) is 14.7 Å². The maximum Gasteiger partial charge on any atom is 0.256 e. The summed E-state index contributed by atoms with van der Waals surface area (Å²) in [6, 6.07) is 8.88. The largest absolute Gasteiger partial charge is 0.505 e. The summed E-state index contributed by atoms with van der Waals surface area (Å²) in [4.78, 5) is 27.1. The first-order valence-corrected chi connectivity index (χ1v) is 11.1. The van der Waals surface area contributed by atoms with Gasteiger partial charge in [0.25, 0.3) is 11.8 Å². The predicted molar refractivity (Wildman–Crippen MR) is 124 cm³/mol. The number of likely N-dealkylation sites (tertiary alicyclic amines) is 1. The first kappa shape index (κ1) is 21.9. The van der Waals surface area contributed by atoms with E-state index >= 15 is 0 Å². The smallest absolute Gasteiger partial charge is 0.256 e. The van der Waals surface area contributed by atoms with Crippen molar-refractivity contribution >= 4 is 61.4 Å². The Balaban J connectivity index is 1.57. The molecule has 10 heteroatoms. The third kappa shape index (κ3) is 4.35. The molecule has 1 saturated heterocycles. The van der Waals surface area contributed by atoms with E-state index in [0.29, 0.717) is 15.6 Å². The Kier molecular flexibility index (Phi) is 6.09. The van der Waals surface area contributed by atoms with Gasteiger partial charge in [0.2, 0.25) is 0 Å². The van der Waals surface area contributed by atoms with E-state index in [2.05, 4.69) is 10.2 Å². The molecule has 31 heavy (non-hydrogen) atoms. The second-order valence-corrected chi connectivity index (χ2v) is 9.31. The van der Waals surface area contributed by atoms with Gasteiger partial charge >= 0.3 is 0 Å². The number of amides is 2. The highest BCUT2D eigenvalue weighted by molar-refractivity contribution is 7.24. The lowest BCUT2D eigenvalue weighted by Crippen LogP contribution is -2.26. The SMILES string of the molecule is NC(=O)c1c(NC(=O)c2ccc(CN3CC[C@H](N)C3)cc2)sc2c(Cl)c(O)c(Cl)cc12. The Morgan fingerprint density at radius 2 is 1.97 bits per heavy atom. The van der Waals surface area contributed by atoms with Gasteiger partial charge < -0.3 is 21.9 Å². The zero-order valence-electron chi connectivity index (χ0n) is 16.3. The highest BCUT2D eigenvalue weighted by Gasteiger charge is 2.24. The number of carbonyl (C=O) groups is 2. The molecule has 1 aromatic heterocycles. The van der Waals surface area contributed by atoms with Crippen molar-refractivity contribution in [3.63, 3.8) is 0 Å². The number of nitrogens with zero attached hydrogens (tertiary/aromatic N) is 1. The monoisotopic (exact) mass is 478 g/mol. The Labute approximate surface area is 192 Å². The Morgan fingerprint density at radius 3 is 2.58 bits per heavy atom. The van der Waals surface area contributed by atoms with Crippen LogP contribution in [0.3, 0.4) is 0 Å². The van der Waals surface area contributed by atoms with Crippen LogP contribution in [0.2, 0.25) is 10.0 Å².